The predicted octanol–water partition coefficient (Wildman–Crippen LogP) is 0.119. The maximum atomic E-state index is 12.9. The predicted molar refractivity (Wildman–Crippen MR) is 85.3 cm³/mol. The molecule has 2 saturated carbocycles. The lowest BCUT2D eigenvalue weighted by atomic mass is 9.72. The molecule has 2 aliphatic carbocycles. The summed E-state index contributed by atoms with van der Waals surface area (Å²) in [6.07, 6.45) is 6.43. The maximum Gasteiger partial charge on any atom is 0.129 e. The van der Waals surface area contributed by atoms with Gasteiger partial charge in [-0.05, 0) is 51.9 Å². The highest BCUT2D eigenvalue weighted by molar-refractivity contribution is 5.05. The Bertz CT molecular complexity index is 424. The van der Waals surface area contributed by atoms with Gasteiger partial charge in [0.2, 0.25) is 0 Å². The second-order valence-electron chi connectivity index (χ2n) is 7.67. The fraction of sp³-hybridized carbons (Fsp3) is 0.882. The smallest absolute Gasteiger partial charge is 0.129 e. The number of aliphatic hydroxyl groups excluding tert-OH is 2. The molecule has 22 heavy (non-hydrogen) atoms. The monoisotopic (exact) mass is 310 g/mol. The number of quaternary nitrogens is 1. The van der Waals surface area contributed by atoms with Crippen molar-refractivity contribution < 1.29 is 15.3 Å². The summed E-state index contributed by atoms with van der Waals surface area (Å²) in [4.78, 5) is 0. The number of allylic oxidation sites excluding steroid dienone is 2. The van der Waals surface area contributed by atoms with Crippen LogP contribution in [-0.4, -0.2) is 46.6 Å². The maximum absolute atomic E-state index is 12.9. The lowest BCUT2D eigenvalue weighted by molar-refractivity contribution is -0.918. The van der Waals surface area contributed by atoms with E-state index in [9.17, 15) is 15.4 Å². The number of nitrogens with one attached hydrogen (secondary N) is 2. The Morgan fingerprint density at radius 3 is 2.64 bits per heavy atom. The van der Waals surface area contributed by atoms with Gasteiger partial charge in [0.1, 0.15) is 18.2 Å². The molecule has 5 heteroatoms. The van der Waals surface area contributed by atoms with Gasteiger partial charge in [-0.1, -0.05) is 11.6 Å². The van der Waals surface area contributed by atoms with Crippen molar-refractivity contribution in [2.45, 2.75) is 88.7 Å². The van der Waals surface area contributed by atoms with Gasteiger partial charge in [0.05, 0.1) is 18.2 Å². The van der Waals surface area contributed by atoms with Gasteiger partial charge in [-0.2, -0.15) is 0 Å². The van der Waals surface area contributed by atoms with Gasteiger partial charge in [-0.25, -0.2) is 0 Å². The second kappa shape index (κ2) is 6.57. The molecule has 126 valence electrons. The van der Waals surface area contributed by atoms with Gasteiger partial charge in [-0.15, -0.1) is 0 Å². The van der Waals surface area contributed by atoms with Crippen LogP contribution in [0.5, 0.6) is 0 Å². The Morgan fingerprint density at radius 1 is 1.14 bits per heavy atom. The van der Waals surface area contributed by atoms with Crippen LogP contribution >= 0.6 is 0 Å². The first-order valence-electron chi connectivity index (χ1n) is 8.78. The van der Waals surface area contributed by atoms with Crippen LogP contribution in [-0.2, 0) is 0 Å². The molecule has 0 aromatic rings. The molecule has 3 rings (SSSR count). The molecule has 1 aliphatic heterocycles. The summed E-state index contributed by atoms with van der Waals surface area (Å²) in [5.74, 6) is 0.377. The second-order valence-corrected chi connectivity index (χ2v) is 7.67. The number of hydrogen-bond donors (Lipinski definition) is 4. The number of rotatable bonds is 2. The average Bonchev–Trinajstić information content (AvgIpc) is 2.47. The molecule has 0 amide bonds. The molecule has 8 unspecified atom stereocenters. The van der Waals surface area contributed by atoms with Crippen molar-refractivity contribution in [1.29, 1.82) is 0 Å². The zero-order valence-electron chi connectivity index (χ0n) is 13.7. The number of hydrogen-bond acceptors (Lipinski definition) is 4. The number of fused-ring (bicyclic) bond motifs is 2. The summed E-state index contributed by atoms with van der Waals surface area (Å²) in [5.41, 5.74) is 1.29. The minimum absolute atomic E-state index is 0.0147. The highest BCUT2D eigenvalue weighted by Crippen LogP contribution is 2.32. The summed E-state index contributed by atoms with van der Waals surface area (Å²) >= 11 is 0. The third-order valence-corrected chi connectivity index (χ3v) is 5.91. The van der Waals surface area contributed by atoms with Crippen molar-refractivity contribution in [3.8, 4) is 0 Å². The molecule has 8 atom stereocenters. The summed E-state index contributed by atoms with van der Waals surface area (Å²) < 4.78 is 0. The quantitative estimate of drug-likeness (QED) is 0.431. The molecule has 0 aromatic carbocycles. The minimum Gasteiger partial charge on any atom is -0.634 e. The minimum atomic E-state index is -0.520. The highest BCUT2D eigenvalue weighted by atomic mass is 16.5. The van der Waals surface area contributed by atoms with Crippen molar-refractivity contribution in [2.75, 3.05) is 0 Å². The third-order valence-electron chi connectivity index (χ3n) is 5.91. The first-order chi connectivity index (χ1) is 10.5. The first kappa shape index (κ1) is 16.4. The van der Waals surface area contributed by atoms with Crippen LogP contribution in [0.1, 0.15) is 52.4 Å². The first-order valence-corrected chi connectivity index (χ1v) is 8.78. The van der Waals surface area contributed by atoms with E-state index >= 15 is 0 Å². The van der Waals surface area contributed by atoms with E-state index in [-0.39, 0.29) is 29.2 Å². The van der Waals surface area contributed by atoms with Gasteiger partial charge in [-0.3, -0.25) is 5.32 Å². The van der Waals surface area contributed by atoms with E-state index in [0.29, 0.717) is 5.92 Å². The number of aliphatic hydroxyl groups is 2. The Kier molecular flexibility index (Phi) is 4.90. The Labute approximate surface area is 133 Å². The van der Waals surface area contributed by atoms with Crippen molar-refractivity contribution >= 4 is 0 Å². The normalized spacial score (nSPS) is 48.2. The molecule has 4 N–H and O–H groups in total. The lowest BCUT2D eigenvalue weighted by Gasteiger charge is -2.57. The average molecular weight is 310 g/mol. The molecule has 0 spiro atoms. The summed E-state index contributed by atoms with van der Waals surface area (Å²) in [5, 5.41) is 37.4. The van der Waals surface area contributed by atoms with Crippen LogP contribution in [0.15, 0.2) is 11.6 Å². The van der Waals surface area contributed by atoms with Crippen molar-refractivity contribution in [3.63, 3.8) is 0 Å². The fourth-order valence-electron chi connectivity index (χ4n) is 4.72. The molecule has 1 saturated heterocycles. The van der Waals surface area contributed by atoms with Crippen LogP contribution in [0.4, 0.5) is 0 Å². The third kappa shape index (κ3) is 2.97. The molecule has 5 nitrogen and oxygen atoms in total. The lowest BCUT2D eigenvalue weighted by Crippen LogP contribution is -3.22. The Balaban J connectivity index is 1.81. The Morgan fingerprint density at radius 2 is 1.91 bits per heavy atom. The van der Waals surface area contributed by atoms with Gasteiger partial charge in [0.25, 0.3) is 0 Å². The van der Waals surface area contributed by atoms with Gasteiger partial charge < -0.3 is 20.5 Å². The van der Waals surface area contributed by atoms with E-state index < -0.39 is 12.2 Å². The zero-order chi connectivity index (χ0) is 15.9. The van der Waals surface area contributed by atoms with E-state index in [1.54, 1.807) is 0 Å². The van der Waals surface area contributed by atoms with E-state index in [4.69, 9.17) is 0 Å². The SMILES string of the molecule is CC(C)=CCC1CCC(O)C2C1NC1C(O)CCCC1[NH+]2[O-]. The van der Waals surface area contributed by atoms with Crippen molar-refractivity contribution in [2.24, 2.45) is 5.92 Å². The largest absolute Gasteiger partial charge is 0.634 e. The topological polar surface area (TPSA) is 80.0 Å². The van der Waals surface area contributed by atoms with Gasteiger partial charge in [0.15, 0.2) is 0 Å². The fourth-order valence-corrected chi connectivity index (χ4v) is 4.72. The van der Waals surface area contributed by atoms with Crippen LogP contribution in [0.25, 0.3) is 0 Å². The molecule has 0 aromatic heterocycles. The van der Waals surface area contributed by atoms with Gasteiger partial charge >= 0.3 is 0 Å². The highest BCUT2D eigenvalue weighted by Gasteiger charge is 2.52. The van der Waals surface area contributed by atoms with E-state index in [0.717, 1.165) is 38.5 Å². The molecular weight excluding hydrogens is 280 g/mol. The standard InChI is InChI=1S/C17H30N2O3/c1-10(2)6-7-11-8-9-14(21)17-15(11)18-16-12(19(17)22)4-3-5-13(16)20/h6,11-21H,3-5,7-9H2,1-2H3. The van der Waals surface area contributed by atoms with Crippen molar-refractivity contribution in [1.82, 2.24) is 5.32 Å². The molecule has 0 bridgehead atoms. The van der Waals surface area contributed by atoms with Crippen LogP contribution in [0, 0.1) is 11.1 Å². The summed E-state index contributed by atoms with van der Waals surface area (Å²) in [6.45, 7) is 4.19. The van der Waals surface area contributed by atoms with Crippen LogP contribution in [0.2, 0.25) is 0 Å². The Hall–Kier alpha value is -0.460. The van der Waals surface area contributed by atoms with Crippen LogP contribution in [0.3, 0.4) is 0 Å². The molecule has 3 aliphatic rings. The van der Waals surface area contributed by atoms with E-state index in [2.05, 4.69) is 25.2 Å². The molecule has 0 radical (unpaired) electrons. The summed E-state index contributed by atoms with van der Waals surface area (Å²) in [6, 6.07) is -0.486. The zero-order valence-corrected chi connectivity index (χ0v) is 13.7. The van der Waals surface area contributed by atoms with Gasteiger partial charge in [0, 0.05) is 6.42 Å². The van der Waals surface area contributed by atoms with Crippen LogP contribution < -0.4 is 10.4 Å². The summed E-state index contributed by atoms with van der Waals surface area (Å²) in [7, 11) is 0. The van der Waals surface area contributed by atoms with E-state index in [1.807, 2.05) is 0 Å². The van der Waals surface area contributed by atoms with E-state index in [1.165, 1.54) is 5.57 Å². The van der Waals surface area contributed by atoms with Crippen molar-refractivity contribution in [3.05, 3.63) is 16.9 Å². The molecule has 3 fully saturated rings. The number of hydroxylamine groups is 2. The molecular formula is C17H30N2O3. The number of piperazine rings is 1. The molecule has 1 heterocycles.